The molecule has 110 valence electrons. The number of aromatic hydroxyl groups is 1. The van der Waals surface area contributed by atoms with Gasteiger partial charge in [0.05, 0.1) is 10.5 Å². The molecule has 2 rings (SSSR count). The molecule has 1 saturated heterocycles. The van der Waals surface area contributed by atoms with Gasteiger partial charge < -0.3 is 10.4 Å². The van der Waals surface area contributed by atoms with Crippen LogP contribution in [-0.4, -0.2) is 47.5 Å². The Labute approximate surface area is 114 Å². The Bertz CT molecular complexity index is 493. The predicted molar refractivity (Wildman–Crippen MR) is 67.9 cm³/mol. The maximum Gasteiger partial charge on any atom is 0.274 e. The molecular weight excluding hydrogens is 272 g/mol. The van der Waals surface area contributed by atoms with Crippen molar-refractivity contribution in [3.05, 3.63) is 33.9 Å². The molecule has 1 fully saturated rings. The van der Waals surface area contributed by atoms with E-state index in [9.17, 15) is 24.0 Å². The van der Waals surface area contributed by atoms with Gasteiger partial charge in [-0.25, -0.2) is 8.78 Å². The summed E-state index contributed by atoms with van der Waals surface area (Å²) in [7, 11) is 0. The minimum atomic E-state index is -2.77. The lowest BCUT2D eigenvalue weighted by atomic mass is 10.0. The van der Waals surface area contributed by atoms with Crippen molar-refractivity contribution in [1.29, 1.82) is 0 Å². The van der Waals surface area contributed by atoms with Crippen LogP contribution >= 0.6 is 0 Å². The maximum absolute atomic E-state index is 13.4. The van der Waals surface area contributed by atoms with Gasteiger partial charge in [-0.1, -0.05) is 0 Å². The first-order valence-corrected chi connectivity index (χ1v) is 6.21. The van der Waals surface area contributed by atoms with Gasteiger partial charge in [0.1, 0.15) is 11.8 Å². The summed E-state index contributed by atoms with van der Waals surface area (Å²) in [6.45, 7) is 1.86. The summed E-state index contributed by atoms with van der Waals surface area (Å²) in [6.07, 6.45) is -2.77. The lowest BCUT2D eigenvalue weighted by molar-refractivity contribution is -0.386. The molecule has 1 aromatic rings. The number of benzene rings is 1. The smallest absolute Gasteiger partial charge is 0.274 e. The summed E-state index contributed by atoms with van der Waals surface area (Å²) in [5.41, 5.74) is -0.543. The molecule has 2 N–H and O–H groups in total. The second-order valence-electron chi connectivity index (χ2n) is 4.57. The van der Waals surface area contributed by atoms with Gasteiger partial charge in [0, 0.05) is 32.2 Å². The highest BCUT2D eigenvalue weighted by Crippen LogP contribution is 2.36. The number of nitro groups is 1. The van der Waals surface area contributed by atoms with E-state index >= 15 is 0 Å². The van der Waals surface area contributed by atoms with Gasteiger partial charge >= 0.3 is 0 Å². The van der Waals surface area contributed by atoms with E-state index in [0.717, 1.165) is 18.2 Å². The molecule has 20 heavy (non-hydrogen) atoms. The van der Waals surface area contributed by atoms with E-state index in [1.54, 1.807) is 0 Å². The van der Waals surface area contributed by atoms with E-state index in [1.807, 2.05) is 0 Å². The number of nitro benzene ring substituents is 1. The second-order valence-corrected chi connectivity index (χ2v) is 4.57. The van der Waals surface area contributed by atoms with E-state index < -0.39 is 23.1 Å². The summed E-state index contributed by atoms with van der Waals surface area (Å²) in [6, 6.07) is 1.85. The van der Waals surface area contributed by atoms with Gasteiger partial charge in [0.2, 0.25) is 0 Å². The van der Waals surface area contributed by atoms with Gasteiger partial charge in [-0.3, -0.25) is 15.0 Å². The van der Waals surface area contributed by atoms with Gasteiger partial charge in [0.15, 0.2) is 0 Å². The number of piperazine rings is 1. The molecule has 1 aliphatic heterocycles. The molecule has 8 heteroatoms. The Balaban J connectivity index is 2.42. The van der Waals surface area contributed by atoms with Crippen LogP contribution in [-0.2, 0) is 0 Å². The van der Waals surface area contributed by atoms with Crippen molar-refractivity contribution in [2.75, 3.05) is 26.2 Å². The Kier molecular flexibility index (Phi) is 4.46. The predicted octanol–water partition coefficient (Wildman–Crippen LogP) is 1.51. The van der Waals surface area contributed by atoms with Crippen LogP contribution in [0.3, 0.4) is 0 Å². The summed E-state index contributed by atoms with van der Waals surface area (Å²) in [5, 5.41) is 23.5. The standard InChI is InChI=1S/C12H15F2N3O3/c13-12(14)11(16-5-3-15-4-6-16)9-7-8(18)1-2-10(9)17(19)20/h1-2,7,11-12,15,18H,3-6H2/t11-/m0/s1. The number of phenolic OH excluding ortho intramolecular Hbond substituents is 1. The molecule has 1 aliphatic rings. The summed E-state index contributed by atoms with van der Waals surface area (Å²) < 4.78 is 26.8. The van der Waals surface area contributed by atoms with Crippen molar-refractivity contribution < 1.29 is 18.8 Å². The second kappa shape index (κ2) is 6.10. The monoisotopic (exact) mass is 287 g/mol. The fourth-order valence-corrected chi connectivity index (χ4v) is 2.40. The molecule has 1 aromatic carbocycles. The molecule has 1 heterocycles. The largest absolute Gasteiger partial charge is 0.508 e. The zero-order valence-corrected chi connectivity index (χ0v) is 10.6. The van der Waals surface area contributed by atoms with E-state index in [2.05, 4.69) is 5.32 Å². The maximum atomic E-state index is 13.4. The third-order valence-corrected chi connectivity index (χ3v) is 3.31. The van der Waals surface area contributed by atoms with E-state index in [1.165, 1.54) is 4.90 Å². The number of halogens is 2. The highest BCUT2D eigenvalue weighted by atomic mass is 19.3. The van der Waals surface area contributed by atoms with Gasteiger partial charge in [-0.2, -0.15) is 0 Å². The highest BCUT2D eigenvalue weighted by Gasteiger charge is 2.35. The molecular formula is C12H15F2N3O3. The van der Waals surface area contributed by atoms with Crippen LogP contribution in [0.1, 0.15) is 11.6 Å². The van der Waals surface area contributed by atoms with E-state index in [-0.39, 0.29) is 11.3 Å². The summed E-state index contributed by atoms with van der Waals surface area (Å²) in [4.78, 5) is 11.8. The van der Waals surface area contributed by atoms with Crippen molar-refractivity contribution >= 4 is 5.69 Å². The van der Waals surface area contributed by atoms with Crippen molar-refractivity contribution in [2.24, 2.45) is 0 Å². The number of nitrogens with one attached hydrogen (secondary N) is 1. The van der Waals surface area contributed by atoms with Crippen LogP contribution in [0.2, 0.25) is 0 Å². The van der Waals surface area contributed by atoms with Crippen LogP contribution < -0.4 is 5.32 Å². The van der Waals surface area contributed by atoms with Crippen molar-refractivity contribution in [2.45, 2.75) is 12.5 Å². The first-order valence-electron chi connectivity index (χ1n) is 6.21. The molecule has 6 nitrogen and oxygen atoms in total. The zero-order chi connectivity index (χ0) is 14.7. The van der Waals surface area contributed by atoms with Gasteiger partial charge in [-0.05, 0) is 12.1 Å². The number of hydrogen-bond acceptors (Lipinski definition) is 5. The Morgan fingerprint density at radius 2 is 2.00 bits per heavy atom. The van der Waals surface area contributed by atoms with Crippen molar-refractivity contribution in [3.63, 3.8) is 0 Å². The van der Waals surface area contributed by atoms with Crippen LogP contribution in [0, 0.1) is 10.1 Å². The Morgan fingerprint density at radius 1 is 1.35 bits per heavy atom. The SMILES string of the molecule is O=[N+]([O-])c1ccc(O)cc1[C@@H](C(F)F)N1CCNCC1. The molecule has 0 aliphatic carbocycles. The Morgan fingerprint density at radius 3 is 2.55 bits per heavy atom. The highest BCUT2D eigenvalue weighted by molar-refractivity contribution is 5.47. The number of nitrogens with zero attached hydrogens (tertiary/aromatic N) is 2. The zero-order valence-electron chi connectivity index (χ0n) is 10.6. The first-order chi connectivity index (χ1) is 9.50. The molecule has 0 unspecified atom stereocenters. The average molecular weight is 287 g/mol. The number of hydrogen-bond donors (Lipinski definition) is 2. The van der Waals surface area contributed by atoms with E-state index in [0.29, 0.717) is 26.2 Å². The number of rotatable bonds is 4. The average Bonchev–Trinajstić information content (AvgIpc) is 2.39. The molecule has 1 atom stereocenters. The third kappa shape index (κ3) is 3.02. The van der Waals surface area contributed by atoms with Crippen LogP contribution in [0.15, 0.2) is 18.2 Å². The Hall–Kier alpha value is -1.80. The summed E-state index contributed by atoms with van der Waals surface area (Å²) >= 11 is 0. The number of phenols is 1. The molecule has 0 spiro atoms. The minimum absolute atomic E-state index is 0.146. The van der Waals surface area contributed by atoms with Gasteiger partial charge in [0.25, 0.3) is 12.1 Å². The van der Waals surface area contributed by atoms with Crippen LogP contribution in [0.5, 0.6) is 5.75 Å². The lowest BCUT2D eigenvalue weighted by Crippen LogP contribution is -2.47. The van der Waals surface area contributed by atoms with E-state index in [4.69, 9.17) is 0 Å². The fraction of sp³-hybridized carbons (Fsp3) is 0.500. The molecule has 0 bridgehead atoms. The summed E-state index contributed by atoms with van der Waals surface area (Å²) in [5.74, 6) is -0.258. The normalized spacial score (nSPS) is 18.1. The topological polar surface area (TPSA) is 78.6 Å². The molecule has 0 amide bonds. The van der Waals surface area contributed by atoms with Crippen molar-refractivity contribution in [3.8, 4) is 5.75 Å². The first kappa shape index (κ1) is 14.6. The minimum Gasteiger partial charge on any atom is -0.508 e. The molecule has 0 saturated carbocycles. The third-order valence-electron chi connectivity index (χ3n) is 3.31. The quantitative estimate of drug-likeness (QED) is 0.648. The number of alkyl halides is 2. The van der Waals surface area contributed by atoms with Crippen LogP contribution in [0.4, 0.5) is 14.5 Å². The molecule has 0 radical (unpaired) electrons. The lowest BCUT2D eigenvalue weighted by Gasteiger charge is -2.34. The van der Waals surface area contributed by atoms with Gasteiger partial charge in [-0.15, -0.1) is 0 Å². The van der Waals surface area contributed by atoms with Crippen molar-refractivity contribution in [1.82, 2.24) is 10.2 Å². The van der Waals surface area contributed by atoms with Crippen LogP contribution in [0.25, 0.3) is 0 Å². The fourth-order valence-electron chi connectivity index (χ4n) is 2.40. The molecule has 0 aromatic heterocycles.